The summed E-state index contributed by atoms with van der Waals surface area (Å²) in [5.41, 5.74) is 8.35. The summed E-state index contributed by atoms with van der Waals surface area (Å²) in [5, 5.41) is 3.46. The summed E-state index contributed by atoms with van der Waals surface area (Å²) in [7, 11) is 0. The van der Waals surface area contributed by atoms with Crippen molar-refractivity contribution < 1.29 is 4.79 Å². The van der Waals surface area contributed by atoms with Crippen molar-refractivity contribution in [3.8, 4) is 0 Å². The molecule has 0 bridgehead atoms. The minimum Gasteiger partial charge on any atom is -0.332 e. The normalized spacial score (nSPS) is 11.4. The zero-order chi connectivity index (χ0) is 18.2. The van der Waals surface area contributed by atoms with Crippen LogP contribution >= 0.6 is 12.2 Å². The first-order valence-electron chi connectivity index (χ1n) is 8.26. The molecule has 0 saturated heterocycles. The number of thiocarbonyl (C=S) groups is 1. The van der Waals surface area contributed by atoms with E-state index < -0.39 is 6.04 Å². The quantitative estimate of drug-likeness (QED) is 0.351. The van der Waals surface area contributed by atoms with E-state index >= 15 is 0 Å². The smallest absolute Gasteiger partial charge is 0.186 e. The molecule has 0 aliphatic rings. The third-order valence-electron chi connectivity index (χ3n) is 3.82. The van der Waals surface area contributed by atoms with Crippen LogP contribution in [0.3, 0.4) is 0 Å². The average molecular weight is 361 g/mol. The summed E-state index contributed by atoms with van der Waals surface area (Å²) in [6, 6.07) is 27.8. The molecule has 130 valence electrons. The predicted molar refractivity (Wildman–Crippen MR) is 109 cm³/mol. The molecule has 0 fully saturated rings. The van der Waals surface area contributed by atoms with Crippen molar-refractivity contribution in [1.82, 2.24) is 10.9 Å². The van der Waals surface area contributed by atoms with E-state index in [0.717, 1.165) is 11.3 Å². The van der Waals surface area contributed by atoms with Crippen LogP contribution in [0.15, 0.2) is 91.0 Å². The molecule has 0 aliphatic carbocycles. The number of para-hydroxylation sites is 1. The number of anilines is 1. The average Bonchev–Trinajstić information content (AvgIpc) is 2.70. The first-order chi connectivity index (χ1) is 12.7. The molecular weight excluding hydrogens is 342 g/mol. The zero-order valence-electron chi connectivity index (χ0n) is 14.1. The topological polar surface area (TPSA) is 53.2 Å². The van der Waals surface area contributed by atoms with Crippen LogP contribution < -0.4 is 16.2 Å². The summed E-state index contributed by atoms with van der Waals surface area (Å²) in [5.74, 6) is -0.0354. The van der Waals surface area contributed by atoms with E-state index in [9.17, 15) is 4.79 Å². The van der Waals surface area contributed by atoms with Gasteiger partial charge in [-0.15, -0.1) is 0 Å². The fourth-order valence-corrected chi connectivity index (χ4v) is 2.71. The van der Waals surface area contributed by atoms with Gasteiger partial charge in [0.05, 0.1) is 0 Å². The Bertz CT molecular complexity index is 854. The molecular formula is C21H19N3OS. The highest BCUT2D eigenvalue weighted by Gasteiger charge is 2.21. The Morgan fingerprint density at radius 2 is 1.31 bits per heavy atom. The van der Waals surface area contributed by atoms with Crippen molar-refractivity contribution in [2.24, 2.45) is 0 Å². The SMILES string of the molecule is O=C(c1ccccc1)C(NNC(=S)Nc1ccccc1)c1ccccc1. The van der Waals surface area contributed by atoms with Crippen LogP contribution in [-0.2, 0) is 0 Å². The number of rotatable bonds is 6. The molecule has 0 spiro atoms. The first kappa shape index (κ1) is 17.8. The van der Waals surface area contributed by atoms with E-state index in [4.69, 9.17) is 12.2 Å². The molecule has 3 aromatic rings. The van der Waals surface area contributed by atoms with Gasteiger partial charge in [0.25, 0.3) is 0 Å². The Balaban J connectivity index is 1.72. The van der Waals surface area contributed by atoms with Gasteiger partial charge in [-0.05, 0) is 29.9 Å². The number of hydrazine groups is 1. The van der Waals surface area contributed by atoms with E-state index in [-0.39, 0.29) is 5.78 Å². The predicted octanol–water partition coefficient (Wildman–Crippen LogP) is 4.10. The Labute approximate surface area is 158 Å². The van der Waals surface area contributed by atoms with Gasteiger partial charge in [0, 0.05) is 11.3 Å². The fourth-order valence-electron chi connectivity index (χ4n) is 2.54. The second-order valence-corrected chi connectivity index (χ2v) is 6.07. The molecule has 3 N–H and O–H groups in total. The van der Waals surface area contributed by atoms with Crippen molar-refractivity contribution in [2.45, 2.75) is 6.04 Å². The summed E-state index contributed by atoms with van der Waals surface area (Å²) in [4.78, 5) is 12.9. The minimum absolute atomic E-state index is 0.0354. The molecule has 4 nitrogen and oxygen atoms in total. The zero-order valence-corrected chi connectivity index (χ0v) is 14.9. The lowest BCUT2D eigenvalue weighted by molar-refractivity contribution is 0.0939. The summed E-state index contributed by atoms with van der Waals surface area (Å²) < 4.78 is 0. The number of Topliss-reactive ketones (excluding diaryl/α,β-unsaturated/α-hetero) is 1. The number of hydrogen-bond acceptors (Lipinski definition) is 3. The molecule has 0 aromatic heterocycles. The van der Waals surface area contributed by atoms with E-state index in [2.05, 4.69) is 16.2 Å². The van der Waals surface area contributed by atoms with Crippen LogP contribution in [0.2, 0.25) is 0 Å². The standard InChI is InChI=1S/C21H19N3OS/c25-20(17-12-6-2-7-13-17)19(16-10-4-1-5-11-16)23-24-21(26)22-18-14-8-3-9-15-18/h1-15,19,23H,(H2,22,24,26). The molecule has 3 aromatic carbocycles. The number of hydrogen-bond donors (Lipinski definition) is 3. The largest absolute Gasteiger partial charge is 0.332 e. The summed E-state index contributed by atoms with van der Waals surface area (Å²) in [6.07, 6.45) is 0. The molecule has 0 saturated carbocycles. The maximum atomic E-state index is 12.9. The lowest BCUT2D eigenvalue weighted by Crippen LogP contribution is -2.44. The molecule has 1 atom stereocenters. The monoisotopic (exact) mass is 361 g/mol. The van der Waals surface area contributed by atoms with E-state index in [1.54, 1.807) is 12.1 Å². The van der Waals surface area contributed by atoms with Crippen LogP contribution in [0.4, 0.5) is 5.69 Å². The van der Waals surface area contributed by atoms with Crippen molar-refractivity contribution in [1.29, 1.82) is 0 Å². The molecule has 0 amide bonds. The number of carbonyl (C=O) groups is 1. The second-order valence-electron chi connectivity index (χ2n) is 5.66. The molecule has 0 heterocycles. The van der Waals surface area contributed by atoms with Crippen LogP contribution in [0.25, 0.3) is 0 Å². The van der Waals surface area contributed by atoms with E-state index in [1.165, 1.54) is 0 Å². The van der Waals surface area contributed by atoms with Crippen LogP contribution in [0, 0.1) is 0 Å². The first-order valence-corrected chi connectivity index (χ1v) is 8.66. The number of nitrogens with one attached hydrogen (secondary N) is 3. The van der Waals surface area contributed by atoms with Gasteiger partial charge < -0.3 is 5.32 Å². The van der Waals surface area contributed by atoms with Crippen molar-refractivity contribution in [2.75, 3.05) is 5.32 Å². The van der Waals surface area contributed by atoms with E-state index in [0.29, 0.717) is 10.7 Å². The van der Waals surface area contributed by atoms with E-state index in [1.807, 2.05) is 78.9 Å². The number of benzene rings is 3. The van der Waals surface area contributed by atoms with Crippen LogP contribution in [0.1, 0.15) is 22.0 Å². The lowest BCUT2D eigenvalue weighted by atomic mass is 9.98. The van der Waals surface area contributed by atoms with Gasteiger partial charge in [-0.1, -0.05) is 78.9 Å². The van der Waals surface area contributed by atoms with Crippen molar-refractivity contribution in [3.05, 3.63) is 102 Å². The van der Waals surface area contributed by atoms with Crippen LogP contribution in [-0.4, -0.2) is 10.9 Å². The highest BCUT2D eigenvalue weighted by molar-refractivity contribution is 7.80. The van der Waals surface area contributed by atoms with Crippen molar-refractivity contribution >= 4 is 28.8 Å². The third-order valence-corrected chi connectivity index (χ3v) is 4.02. The molecule has 0 radical (unpaired) electrons. The van der Waals surface area contributed by atoms with Gasteiger partial charge >= 0.3 is 0 Å². The van der Waals surface area contributed by atoms with Gasteiger partial charge in [-0.25, -0.2) is 5.43 Å². The fraction of sp³-hybridized carbons (Fsp3) is 0.0476. The molecule has 3 rings (SSSR count). The highest BCUT2D eigenvalue weighted by Crippen LogP contribution is 2.18. The van der Waals surface area contributed by atoms with Crippen LogP contribution in [0.5, 0.6) is 0 Å². The number of carbonyl (C=O) groups excluding carboxylic acids is 1. The second kappa shape index (κ2) is 8.89. The van der Waals surface area contributed by atoms with Gasteiger partial charge in [0.15, 0.2) is 10.9 Å². The Morgan fingerprint density at radius 3 is 1.92 bits per heavy atom. The molecule has 26 heavy (non-hydrogen) atoms. The molecule has 1 unspecified atom stereocenters. The van der Waals surface area contributed by atoms with Gasteiger partial charge in [-0.3, -0.25) is 10.2 Å². The Morgan fingerprint density at radius 1 is 0.769 bits per heavy atom. The number of ketones is 1. The minimum atomic E-state index is -0.561. The highest BCUT2D eigenvalue weighted by atomic mass is 32.1. The van der Waals surface area contributed by atoms with Crippen molar-refractivity contribution in [3.63, 3.8) is 0 Å². The Kier molecular flexibility index (Phi) is 6.09. The maximum Gasteiger partial charge on any atom is 0.186 e. The summed E-state index contributed by atoms with van der Waals surface area (Å²) >= 11 is 5.31. The molecule has 5 heteroatoms. The van der Waals surface area contributed by atoms with Gasteiger partial charge in [-0.2, -0.15) is 0 Å². The van der Waals surface area contributed by atoms with Gasteiger partial charge in [0.1, 0.15) is 6.04 Å². The lowest BCUT2D eigenvalue weighted by Gasteiger charge is -2.20. The maximum absolute atomic E-state index is 12.9. The van der Waals surface area contributed by atoms with Gasteiger partial charge in [0.2, 0.25) is 0 Å². The Hall–Kier alpha value is -3.02. The molecule has 0 aliphatic heterocycles. The third kappa shape index (κ3) is 4.75. The summed E-state index contributed by atoms with van der Waals surface area (Å²) in [6.45, 7) is 0.